The van der Waals surface area contributed by atoms with Crippen LogP contribution in [0, 0.1) is 0 Å². The van der Waals surface area contributed by atoms with E-state index in [1.807, 2.05) is 11.4 Å². The van der Waals surface area contributed by atoms with Gasteiger partial charge < -0.3 is 20.5 Å². The summed E-state index contributed by atoms with van der Waals surface area (Å²) in [5, 5.41) is 6.40. The number of fused-ring (bicyclic) bond motifs is 1. The molecule has 1 aliphatic heterocycles. The molecule has 0 spiro atoms. The normalized spacial score (nSPS) is 14.1. The topological polar surface area (TPSA) is 69.4 Å². The van der Waals surface area contributed by atoms with E-state index in [1.165, 1.54) is 0 Å². The summed E-state index contributed by atoms with van der Waals surface area (Å²) in [6, 6.07) is 3.69. The van der Waals surface area contributed by atoms with Gasteiger partial charge in [0.1, 0.15) is 18.2 Å². The first-order chi connectivity index (χ1) is 9.56. The van der Waals surface area contributed by atoms with Crippen molar-refractivity contribution in [2.24, 2.45) is 0 Å². The van der Waals surface area contributed by atoms with Crippen molar-refractivity contribution in [2.45, 2.75) is 19.4 Å². The molecule has 1 aliphatic rings. The van der Waals surface area contributed by atoms with Crippen LogP contribution in [0.5, 0.6) is 11.5 Å². The molecule has 2 aromatic rings. The zero-order valence-corrected chi connectivity index (χ0v) is 12.3. The van der Waals surface area contributed by atoms with E-state index in [2.05, 4.69) is 24.1 Å². The first-order valence-electron chi connectivity index (χ1n) is 6.43. The first-order valence-corrected chi connectivity index (χ1v) is 7.31. The number of nitrogens with two attached hydrogens (primary N) is 1. The van der Waals surface area contributed by atoms with Gasteiger partial charge in [0.05, 0.1) is 16.9 Å². The molecule has 1 aromatic carbocycles. The fourth-order valence-corrected chi connectivity index (χ4v) is 2.85. The maximum Gasteiger partial charge on any atom is 0.163 e. The number of benzene rings is 1. The number of nitrogens with zero attached hydrogens (tertiary/aromatic N) is 1. The summed E-state index contributed by atoms with van der Waals surface area (Å²) >= 11 is 1.61. The lowest BCUT2D eigenvalue weighted by molar-refractivity contribution is 0.172. The number of hydrogen-bond acceptors (Lipinski definition) is 6. The van der Waals surface area contributed by atoms with Crippen LogP contribution >= 0.6 is 11.3 Å². The van der Waals surface area contributed by atoms with Gasteiger partial charge in [-0.2, -0.15) is 0 Å². The average Bonchev–Trinajstić information content (AvgIpc) is 2.94. The quantitative estimate of drug-likeness (QED) is 0.851. The van der Waals surface area contributed by atoms with Crippen LogP contribution in [-0.4, -0.2) is 18.2 Å². The SMILES string of the molecule is CC(C)(Nc1cc2c(cc1N)OCCO2)c1nccs1. The van der Waals surface area contributed by atoms with Crippen LogP contribution in [0.3, 0.4) is 0 Å². The third-order valence-electron chi connectivity index (χ3n) is 3.13. The van der Waals surface area contributed by atoms with E-state index in [4.69, 9.17) is 15.2 Å². The van der Waals surface area contributed by atoms with Gasteiger partial charge >= 0.3 is 0 Å². The first kappa shape index (κ1) is 13.1. The molecule has 3 N–H and O–H groups in total. The Morgan fingerprint density at radius 3 is 2.60 bits per heavy atom. The monoisotopic (exact) mass is 291 g/mol. The van der Waals surface area contributed by atoms with Gasteiger partial charge in [-0.05, 0) is 13.8 Å². The molecule has 0 amide bonds. The number of aromatic nitrogens is 1. The standard InChI is InChI=1S/C14H17N3O2S/c1-14(2,13-16-3-6-20-13)17-10-8-12-11(7-9(10)15)18-4-5-19-12/h3,6-8,17H,4-5,15H2,1-2H3. The second-order valence-corrected chi connectivity index (χ2v) is 6.06. The lowest BCUT2D eigenvalue weighted by atomic mass is 10.1. The molecular weight excluding hydrogens is 274 g/mol. The summed E-state index contributed by atoms with van der Waals surface area (Å²) in [7, 11) is 0. The minimum atomic E-state index is -0.300. The molecule has 106 valence electrons. The number of thiazole rings is 1. The molecular formula is C14H17N3O2S. The van der Waals surface area contributed by atoms with Gasteiger partial charge in [-0.3, -0.25) is 0 Å². The van der Waals surface area contributed by atoms with E-state index in [1.54, 1.807) is 23.6 Å². The summed E-state index contributed by atoms with van der Waals surface area (Å²) < 4.78 is 11.1. The van der Waals surface area contributed by atoms with Crippen molar-refractivity contribution in [3.8, 4) is 11.5 Å². The van der Waals surface area contributed by atoms with Gasteiger partial charge in [-0.1, -0.05) is 0 Å². The Bertz CT molecular complexity index is 611. The molecule has 0 atom stereocenters. The number of nitrogens with one attached hydrogen (secondary N) is 1. The van der Waals surface area contributed by atoms with Crippen LogP contribution < -0.4 is 20.5 Å². The highest BCUT2D eigenvalue weighted by Crippen LogP contribution is 2.39. The molecule has 0 bridgehead atoms. The van der Waals surface area contributed by atoms with Crippen molar-refractivity contribution in [2.75, 3.05) is 24.3 Å². The number of nitrogen functional groups attached to an aromatic ring is 1. The molecule has 5 nitrogen and oxygen atoms in total. The van der Waals surface area contributed by atoms with Gasteiger partial charge in [0.25, 0.3) is 0 Å². The van der Waals surface area contributed by atoms with Crippen LogP contribution in [0.1, 0.15) is 18.9 Å². The van der Waals surface area contributed by atoms with Crippen molar-refractivity contribution >= 4 is 22.7 Å². The van der Waals surface area contributed by atoms with Crippen LogP contribution in [-0.2, 0) is 5.54 Å². The third-order valence-corrected chi connectivity index (χ3v) is 4.23. The van der Waals surface area contributed by atoms with E-state index in [0.717, 1.165) is 16.4 Å². The zero-order chi connectivity index (χ0) is 14.2. The zero-order valence-electron chi connectivity index (χ0n) is 11.5. The molecule has 0 unspecified atom stereocenters. The molecule has 20 heavy (non-hydrogen) atoms. The smallest absolute Gasteiger partial charge is 0.163 e. The fourth-order valence-electron chi connectivity index (χ4n) is 2.14. The average molecular weight is 291 g/mol. The molecule has 0 fully saturated rings. The van der Waals surface area contributed by atoms with Crippen molar-refractivity contribution < 1.29 is 9.47 Å². The Morgan fingerprint density at radius 2 is 1.95 bits per heavy atom. The summed E-state index contributed by atoms with van der Waals surface area (Å²) in [5.41, 5.74) is 7.26. The van der Waals surface area contributed by atoms with Gasteiger partial charge in [0, 0.05) is 23.7 Å². The van der Waals surface area contributed by atoms with Gasteiger partial charge in [0.15, 0.2) is 11.5 Å². The summed E-state index contributed by atoms with van der Waals surface area (Å²) in [6.07, 6.45) is 1.80. The molecule has 6 heteroatoms. The maximum absolute atomic E-state index is 6.09. The second kappa shape index (κ2) is 4.86. The minimum absolute atomic E-state index is 0.300. The Kier molecular flexibility index (Phi) is 3.17. The minimum Gasteiger partial charge on any atom is -0.486 e. The largest absolute Gasteiger partial charge is 0.486 e. The third kappa shape index (κ3) is 2.38. The molecule has 0 saturated carbocycles. The summed E-state index contributed by atoms with van der Waals surface area (Å²) in [5.74, 6) is 1.43. The van der Waals surface area contributed by atoms with Crippen molar-refractivity contribution in [3.63, 3.8) is 0 Å². The number of anilines is 2. The highest BCUT2D eigenvalue weighted by Gasteiger charge is 2.25. The lowest BCUT2D eigenvalue weighted by Gasteiger charge is -2.27. The summed E-state index contributed by atoms with van der Waals surface area (Å²) in [4.78, 5) is 4.36. The predicted octanol–water partition coefficient (Wildman–Crippen LogP) is 2.84. The van der Waals surface area contributed by atoms with Crippen molar-refractivity contribution in [1.29, 1.82) is 0 Å². The molecule has 2 heterocycles. The van der Waals surface area contributed by atoms with Crippen LogP contribution in [0.2, 0.25) is 0 Å². The second-order valence-electron chi connectivity index (χ2n) is 5.17. The van der Waals surface area contributed by atoms with Gasteiger partial charge in [-0.25, -0.2) is 4.98 Å². The lowest BCUT2D eigenvalue weighted by Crippen LogP contribution is -2.28. The maximum atomic E-state index is 6.09. The molecule has 1 aromatic heterocycles. The Morgan fingerprint density at radius 1 is 1.25 bits per heavy atom. The highest BCUT2D eigenvalue weighted by molar-refractivity contribution is 7.09. The van der Waals surface area contributed by atoms with E-state index < -0.39 is 0 Å². The number of rotatable bonds is 3. The molecule has 0 radical (unpaired) electrons. The number of ether oxygens (including phenoxy) is 2. The van der Waals surface area contributed by atoms with E-state index in [0.29, 0.717) is 24.7 Å². The highest BCUT2D eigenvalue weighted by atomic mass is 32.1. The fraction of sp³-hybridized carbons (Fsp3) is 0.357. The van der Waals surface area contributed by atoms with Crippen LogP contribution in [0.15, 0.2) is 23.7 Å². The van der Waals surface area contributed by atoms with Crippen molar-refractivity contribution in [3.05, 3.63) is 28.7 Å². The van der Waals surface area contributed by atoms with Crippen molar-refractivity contribution in [1.82, 2.24) is 4.98 Å². The van der Waals surface area contributed by atoms with E-state index in [9.17, 15) is 0 Å². The van der Waals surface area contributed by atoms with E-state index >= 15 is 0 Å². The predicted molar refractivity (Wildman–Crippen MR) is 80.6 cm³/mol. The van der Waals surface area contributed by atoms with Crippen LogP contribution in [0.4, 0.5) is 11.4 Å². The number of hydrogen-bond donors (Lipinski definition) is 2. The van der Waals surface area contributed by atoms with Gasteiger partial charge in [-0.15, -0.1) is 11.3 Å². The van der Waals surface area contributed by atoms with Gasteiger partial charge in [0.2, 0.25) is 0 Å². The molecule has 0 saturated heterocycles. The van der Waals surface area contributed by atoms with Crippen LogP contribution in [0.25, 0.3) is 0 Å². The molecule has 0 aliphatic carbocycles. The Balaban J connectivity index is 1.91. The molecule has 3 rings (SSSR count). The summed E-state index contributed by atoms with van der Waals surface area (Å²) in [6.45, 7) is 5.26. The van der Waals surface area contributed by atoms with E-state index in [-0.39, 0.29) is 5.54 Å². The Hall–Kier alpha value is -1.95. The Labute approximate surface area is 121 Å².